The predicted octanol–water partition coefficient (Wildman–Crippen LogP) is 2.98. The van der Waals surface area contributed by atoms with Crippen LogP contribution in [0.3, 0.4) is 0 Å². The maximum atomic E-state index is 13.7. The molecule has 1 aromatic rings. The molecule has 1 unspecified atom stereocenters. The lowest BCUT2D eigenvalue weighted by molar-refractivity contribution is 0.0866. The second-order valence-electron chi connectivity index (χ2n) is 3.32. The van der Waals surface area contributed by atoms with E-state index in [2.05, 4.69) is 6.92 Å². The molecule has 3 heteroatoms. The van der Waals surface area contributed by atoms with Gasteiger partial charge in [-0.25, -0.2) is 4.39 Å². The Morgan fingerprint density at radius 3 is 2.79 bits per heavy atom. The highest BCUT2D eigenvalue weighted by molar-refractivity contribution is 7.99. The number of thioether (sulfide) groups is 1. The minimum Gasteiger partial charge on any atom is -0.393 e. The van der Waals surface area contributed by atoms with Crippen molar-refractivity contribution in [2.45, 2.75) is 24.4 Å². The van der Waals surface area contributed by atoms with Crippen molar-refractivity contribution >= 4 is 11.8 Å². The van der Waals surface area contributed by atoms with Gasteiger partial charge in [-0.05, 0) is 30.4 Å². The van der Waals surface area contributed by atoms with Crippen LogP contribution < -0.4 is 0 Å². The second kappa shape index (κ2) is 4.80. The molecule has 0 radical (unpaired) electrons. The van der Waals surface area contributed by atoms with Gasteiger partial charge in [0.05, 0.1) is 6.61 Å². The third-order valence-corrected chi connectivity index (χ3v) is 2.92. The van der Waals surface area contributed by atoms with E-state index >= 15 is 0 Å². The highest BCUT2D eigenvalue weighted by Crippen LogP contribution is 2.28. The molecule has 0 aliphatic heterocycles. The summed E-state index contributed by atoms with van der Waals surface area (Å²) < 4.78 is 13.7. The number of hydrogen-bond donors (Lipinski definition) is 1. The van der Waals surface area contributed by atoms with Gasteiger partial charge in [0.15, 0.2) is 5.67 Å². The Morgan fingerprint density at radius 2 is 2.21 bits per heavy atom. The van der Waals surface area contributed by atoms with Gasteiger partial charge in [-0.1, -0.05) is 19.1 Å². The zero-order valence-corrected chi connectivity index (χ0v) is 9.27. The number of benzene rings is 1. The Balaban J connectivity index is 2.93. The van der Waals surface area contributed by atoms with Crippen LogP contribution in [0.4, 0.5) is 4.39 Å². The maximum Gasteiger partial charge on any atom is 0.156 e. The van der Waals surface area contributed by atoms with Crippen molar-refractivity contribution in [3.8, 4) is 0 Å². The minimum atomic E-state index is -1.63. The van der Waals surface area contributed by atoms with E-state index in [0.29, 0.717) is 5.56 Å². The monoisotopic (exact) mass is 214 g/mol. The van der Waals surface area contributed by atoms with E-state index in [-0.39, 0.29) is 0 Å². The number of hydrogen-bond acceptors (Lipinski definition) is 2. The molecule has 1 aromatic carbocycles. The van der Waals surface area contributed by atoms with Gasteiger partial charge in [0.2, 0.25) is 0 Å². The van der Waals surface area contributed by atoms with Crippen LogP contribution in [0.1, 0.15) is 19.4 Å². The van der Waals surface area contributed by atoms with Crippen molar-refractivity contribution in [3.63, 3.8) is 0 Å². The van der Waals surface area contributed by atoms with Crippen LogP contribution in [0, 0.1) is 0 Å². The van der Waals surface area contributed by atoms with E-state index in [4.69, 9.17) is 5.11 Å². The Morgan fingerprint density at radius 1 is 1.50 bits per heavy atom. The molecule has 1 atom stereocenters. The first-order valence-electron chi connectivity index (χ1n) is 4.63. The summed E-state index contributed by atoms with van der Waals surface area (Å²) in [5, 5.41) is 8.89. The quantitative estimate of drug-likeness (QED) is 0.778. The van der Waals surface area contributed by atoms with E-state index < -0.39 is 12.3 Å². The molecule has 0 aliphatic carbocycles. The highest BCUT2D eigenvalue weighted by Gasteiger charge is 2.24. The normalized spacial score (nSPS) is 15.1. The molecule has 0 heterocycles. The molecular formula is C11H15FOS. The van der Waals surface area contributed by atoms with Crippen molar-refractivity contribution in [2.75, 3.05) is 12.4 Å². The van der Waals surface area contributed by atoms with Crippen molar-refractivity contribution in [3.05, 3.63) is 29.8 Å². The van der Waals surface area contributed by atoms with E-state index in [1.165, 1.54) is 6.92 Å². The smallest absolute Gasteiger partial charge is 0.156 e. The first-order chi connectivity index (χ1) is 6.60. The van der Waals surface area contributed by atoms with Gasteiger partial charge in [0.25, 0.3) is 0 Å². The summed E-state index contributed by atoms with van der Waals surface area (Å²) in [7, 11) is 0. The molecule has 0 aliphatic rings. The SMILES string of the molecule is CCSc1cccc(C(C)(F)CO)c1. The van der Waals surface area contributed by atoms with Crippen molar-refractivity contribution < 1.29 is 9.50 Å². The topological polar surface area (TPSA) is 20.2 Å². The molecule has 0 saturated carbocycles. The van der Waals surface area contributed by atoms with Gasteiger partial charge >= 0.3 is 0 Å². The summed E-state index contributed by atoms with van der Waals surface area (Å²) in [5.74, 6) is 0.964. The molecule has 1 N–H and O–H groups in total. The van der Waals surface area contributed by atoms with Crippen LogP contribution in [0.25, 0.3) is 0 Å². The maximum absolute atomic E-state index is 13.7. The van der Waals surface area contributed by atoms with E-state index in [1.54, 1.807) is 23.9 Å². The average molecular weight is 214 g/mol. The molecule has 0 bridgehead atoms. The third kappa shape index (κ3) is 2.72. The van der Waals surface area contributed by atoms with Crippen molar-refractivity contribution in [2.24, 2.45) is 0 Å². The first-order valence-corrected chi connectivity index (χ1v) is 5.62. The van der Waals surface area contributed by atoms with Crippen LogP contribution >= 0.6 is 11.8 Å². The van der Waals surface area contributed by atoms with E-state index in [0.717, 1.165) is 10.6 Å². The number of aliphatic hydroxyl groups is 1. The van der Waals surface area contributed by atoms with Gasteiger partial charge in [-0.15, -0.1) is 11.8 Å². The Kier molecular flexibility index (Phi) is 3.96. The third-order valence-electron chi connectivity index (χ3n) is 2.04. The summed E-state index contributed by atoms with van der Waals surface area (Å²) >= 11 is 1.67. The van der Waals surface area contributed by atoms with Crippen molar-refractivity contribution in [1.29, 1.82) is 0 Å². The number of alkyl halides is 1. The van der Waals surface area contributed by atoms with E-state index in [1.807, 2.05) is 12.1 Å². The van der Waals surface area contributed by atoms with Gasteiger partial charge in [-0.2, -0.15) is 0 Å². The van der Waals surface area contributed by atoms with Gasteiger partial charge in [-0.3, -0.25) is 0 Å². The van der Waals surface area contributed by atoms with Crippen LogP contribution in [0.15, 0.2) is 29.2 Å². The lowest BCUT2D eigenvalue weighted by Crippen LogP contribution is -2.20. The molecule has 0 spiro atoms. The molecule has 1 rings (SSSR count). The molecule has 1 nitrogen and oxygen atoms in total. The zero-order valence-electron chi connectivity index (χ0n) is 8.46. The number of halogens is 1. The van der Waals surface area contributed by atoms with Gasteiger partial charge < -0.3 is 5.11 Å². The Hall–Kier alpha value is -0.540. The molecular weight excluding hydrogens is 199 g/mol. The van der Waals surface area contributed by atoms with E-state index in [9.17, 15) is 4.39 Å². The highest BCUT2D eigenvalue weighted by atomic mass is 32.2. The van der Waals surface area contributed by atoms with Gasteiger partial charge in [0, 0.05) is 4.90 Å². The molecule has 0 amide bonds. The summed E-state index contributed by atoms with van der Waals surface area (Å²) in [6.45, 7) is 2.97. The number of rotatable bonds is 4. The molecule has 0 fully saturated rings. The lowest BCUT2D eigenvalue weighted by atomic mass is 9.99. The fraction of sp³-hybridized carbons (Fsp3) is 0.455. The fourth-order valence-electron chi connectivity index (χ4n) is 1.17. The van der Waals surface area contributed by atoms with Crippen LogP contribution in [0.2, 0.25) is 0 Å². The Labute approximate surface area is 88.3 Å². The minimum absolute atomic E-state index is 0.479. The van der Waals surface area contributed by atoms with Crippen molar-refractivity contribution in [1.82, 2.24) is 0 Å². The summed E-state index contributed by atoms with van der Waals surface area (Å²) in [6.07, 6.45) is 0. The molecule has 14 heavy (non-hydrogen) atoms. The molecule has 78 valence electrons. The second-order valence-corrected chi connectivity index (χ2v) is 4.65. The summed E-state index contributed by atoms with van der Waals surface area (Å²) in [5.41, 5.74) is -1.09. The Bertz CT molecular complexity index is 299. The van der Waals surface area contributed by atoms with Crippen LogP contribution in [-0.4, -0.2) is 17.5 Å². The predicted molar refractivity (Wildman–Crippen MR) is 58.4 cm³/mol. The molecule has 0 saturated heterocycles. The largest absolute Gasteiger partial charge is 0.393 e. The molecule has 0 aromatic heterocycles. The average Bonchev–Trinajstić information content (AvgIpc) is 2.19. The number of aliphatic hydroxyl groups excluding tert-OH is 1. The fourth-order valence-corrected chi connectivity index (χ4v) is 1.89. The lowest BCUT2D eigenvalue weighted by Gasteiger charge is -2.18. The summed E-state index contributed by atoms with van der Waals surface area (Å²) in [6, 6.07) is 7.27. The van der Waals surface area contributed by atoms with Crippen LogP contribution in [0.5, 0.6) is 0 Å². The van der Waals surface area contributed by atoms with Crippen LogP contribution in [-0.2, 0) is 5.67 Å². The standard InChI is InChI=1S/C11H15FOS/c1-3-14-10-6-4-5-9(7-10)11(2,12)8-13/h4-7,13H,3,8H2,1-2H3. The zero-order chi connectivity index (χ0) is 10.6. The van der Waals surface area contributed by atoms with Gasteiger partial charge in [0.1, 0.15) is 0 Å². The first kappa shape index (κ1) is 11.5. The summed E-state index contributed by atoms with van der Waals surface area (Å²) in [4.78, 5) is 1.04.